The molecule has 1 atom stereocenters. The smallest absolute Gasteiger partial charge is 0.222 e. The SMILES string of the molecule is CCCOc1ccccc1CN1CCN(C)[C@]2(CCC(=O)N(C)CC2)C1. The molecule has 5 nitrogen and oxygen atoms in total. The Balaban J connectivity index is 1.72. The van der Waals surface area contributed by atoms with E-state index in [1.807, 2.05) is 18.0 Å². The van der Waals surface area contributed by atoms with Gasteiger partial charge in [0.15, 0.2) is 0 Å². The number of amides is 1. The molecule has 2 saturated heterocycles. The van der Waals surface area contributed by atoms with Crippen LogP contribution >= 0.6 is 0 Å². The molecule has 0 radical (unpaired) electrons. The number of benzene rings is 1. The van der Waals surface area contributed by atoms with Gasteiger partial charge < -0.3 is 9.64 Å². The number of piperazine rings is 1. The van der Waals surface area contributed by atoms with Gasteiger partial charge in [-0.3, -0.25) is 14.6 Å². The van der Waals surface area contributed by atoms with E-state index in [0.717, 1.165) is 64.3 Å². The maximum atomic E-state index is 12.1. The summed E-state index contributed by atoms with van der Waals surface area (Å²) in [6.45, 7) is 7.80. The lowest BCUT2D eigenvalue weighted by atomic mass is 9.86. The average Bonchev–Trinajstić information content (AvgIpc) is 2.79. The van der Waals surface area contributed by atoms with E-state index in [1.54, 1.807) is 0 Å². The van der Waals surface area contributed by atoms with Crippen molar-refractivity contribution >= 4 is 5.91 Å². The summed E-state index contributed by atoms with van der Waals surface area (Å²) < 4.78 is 5.95. The third kappa shape index (κ3) is 4.21. The second-order valence-corrected chi connectivity index (χ2v) is 7.88. The first kappa shape index (κ1) is 19.2. The number of carbonyl (C=O) groups excluding carboxylic acids is 1. The Kier molecular flexibility index (Phi) is 6.20. The first-order valence-electron chi connectivity index (χ1n) is 9.92. The highest BCUT2D eigenvalue weighted by Crippen LogP contribution is 2.33. The average molecular weight is 360 g/mol. The summed E-state index contributed by atoms with van der Waals surface area (Å²) in [5, 5.41) is 0. The van der Waals surface area contributed by atoms with Crippen LogP contribution in [0.2, 0.25) is 0 Å². The van der Waals surface area contributed by atoms with Gasteiger partial charge in [-0.25, -0.2) is 0 Å². The van der Waals surface area contributed by atoms with E-state index in [4.69, 9.17) is 4.74 Å². The molecule has 1 aromatic carbocycles. The normalized spacial score (nSPS) is 25.5. The molecule has 26 heavy (non-hydrogen) atoms. The van der Waals surface area contributed by atoms with Gasteiger partial charge in [0.1, 0.15) is 5.75 Å². The van der Waals surface area contributed by atoms with Gasteiger partial charge in [0.2, 0.25) is 5.91 Å². The summed E-state index contributed by atoms with van der Waals surface area (Å²) in [6.07, 6.45) is 3.69. The summed E-state index contributed by atoms with van der Waals surface area (Å²) in [5.41, 5.74) is 1.38. The highest BCUT2D eigenvalue weighted by Gasteiger charge is 2.41. The fraction of sp³-hybridized carbons (Fsp3) is 0.667. The van der Waals surface area contributed by atoms with Crippen LogP contribution in [0.4, 0.5) is 0 Å². The molecule has 0 aliphatic carbocycles. The standard InChI is InChI=1S/C21H33N3O2/c1-4-15-26-19-8-6-5-7-18(19)16-24-14-13-23(3)21(17-24)10-9-20(25)22(2)12-11-21/h5-8H,4,9-17H2,1-3H3/t21-/m0/s1. The number of ether oxygens (including phenoxy) is 1. The Morgan fingerprint density at radius 3 is 2.73 bits per heavy atom. The van der Waals surface area contributed by atoms with Gasteiger partial charge in [0.05, 0.1) is 6.61 Å². The minimum atomic E-state index is 0.109. The predicted octanol–water partition coefficient (Wildman–Crippen LogP) is 2.60. The Bertz CT molecular complexity index is 621. The third-order valence-electron chi connectivity index (χ3n) is 6.05. The van der Waals surface area contributed by atoms with E-state index >= 15 is 0 Å². The number of likely N-dealkylation sites (tertiary alicyclic amines) is 1. The van der Waals surface area contributed by atoms with Gasteiger partial charge in [-0.2, -0.15) is 0 Å². The molecule has 0 aromatic heterocycles. The number of carbonyl (C=O) groups is 1. The molecule has 2 aliphatic heterocycles. The second-order valence-electron chi connectivity index (χ2n) is 7.88. The van der Waals surface area contributed by atoms with Crippen LogP contribution in [0, 0.1) is 0 Å². The predicted molar refractivity (Wildman–Crippen MR) is 104 cm³/mol. The zero-order valence-corrected chi connectivity index (χ0v) is 16.5. The van der Waals surface area contributed by atoms with Crippen LogP contribution in [0.1, 0.15) is 38.2 Å². The molecule has 2 aliphatic rings. The van der Waals surface area contributed by atoms with Crippen molar-refractivity contribution in [1.82, 2.24) is 14.7 Å². The number of nitrogens with zero attached hydrogens (tertiary/aromatic N) is 3. The molecule has 0 N–H and O–H groups in total. The first-order valence-corrected chi connectivity index (χ1v) is 9.92. The lowest BCUT2D eigenvalue weighted by Gasteiger charge is -2.49. The van der Waals surface area contributed by atoms with Gasteiger partial charge in [-0.05, 0) is 32.4 Å². The van der Waals surface area contributed by atoms with E-state index in [0.29, 0.717) is 6.42 Å². The molecule has 2 heterocycles. The van der Waals surface area contributed by atoms with Crippen LogP contribution in [-0.4, -0.2) is 73.0 Å². The van der Waals surface area contributed by atoms with Crippen LogP contribution in [0.3, 0.4) is 0 Å². The second kappa shape index (κ2) is 8.40. The van der Waals surface area contributed by atoms with E-state index in [1.165, 1.54) is 5.56 Å². The summed E-state index contributed by atoms with van der Waals surface area (Å²) in [7, 11) is 4.16. The number of likely N-dealkylation sites (N-methyl/N-ethyl adjacent to an activating group) is 1. The molecule has 1 spiro atoms. The van der Waals surface area contributed by atoms with E-state index in [9.17, 15) is 4.79 Å². The zero-order chi connectivity index (χ0) is 18.6. The molecular formula is C21H33N3O2. The maximum absolute atomic E-state index is 12.1. The van der Waals surface area contributed by atoms with Crippen molar-refractivity contribution in [3.63, 3.8) is 0 Å². The lowest BCUT2D eigenvalue weighted by molar-refractivity contribution is -0.129. The molecule has 1 amide bonds. The number of hydrogen-bond donors (Lipinski definition) is 0. The summed E-state index contributed by atoms with van der Waals surface area (Å²) in [5.74, 6) is 1.30. The molecule has 5 heteroatoms. The quantitative estimate of drug-likeness (QED) is 0.810. The fourth-order valence-corrected chi connectivity index (χ4v) is 4.20. The van der Waals surface area contributed by atoms with Gasteiger partial charge in [-0.15, -0.1) is 0 Å². The number of para-hydroxylation sites is 1. The lowest BCUT2D eigenvalue weighted by Crippen LogP contribution is -2.60. The van der Waals surface area contributed by atoms with Crippen LogP contribution < -0.4 is 4.74 Å². The minimum absolute atomic E-state index is 0.109. The first-order chi connectivity index (χ1) is 12.5. The monoisotopic (exact) mass is 359 g/mol. The number of rotatable bonds is 5. The Morgan fingerprint density at radius 2 is 1.92 bits per heavy atom. The van der Waals surface area contributed by atoms with Gasteiger partial charge in [0.25, 0.3) is 0 Å². The molecule has 0 bridgehead atoms. The van der Waals surface area contributed by atoms with Gasteiger partial charge in [-0.1, -0.05) is 25.1 Å². The van der Waals surface area contributed by atoms with Crippen molar-refractivity contribution in [3.05, 3.63) is 29.8 Å². The Morgan fingerprint density at radius 1 is 1.12 bits per heavy atom. The summed E-state index contributed by atoms with van der Waals surface area (Å²) >= 11 is 0. The topological polar surface area (TPSA) is 36.0 Å². The zero-order valence-electron chi connectivity index (χ0n) is 16.5. The van der Waals surface area contributed by atoms with Crippen LogP contribution in [0.15, 0.2) is 24.3 Å². The largest absolute Gasteiger partial charge is 0.493 e. The van der Waals surface area contributed by atoms with Crippen molar-refractivity contribution in [1.29, 1.82) is 0 Å². The van der Waals surface area contributed by atoms with E-state index in [-0.39, 0.29) is 11.4 Å². The van der Waals surface area contributed by atoms with Crippen molar-refractivity contribution in [3.8, 4) is 5.75 Å². The Labute approximate surface area is 157 Å². The van der Waals surface area contributed by atoms with E-state index < -0.39 is 0 Å². The van der Waals surface area contributed by atoms with Gasteiger partial charge >= 0.3 is 0 Å². The van der Waals surface area contributed by atoms with Gasteiger partial charge in [0, 0.05) is 57.3 Å². The fourth-order valence-electron chi connectivity index (χ4n) is 4.20. The van der Waals surface area contributed by atoms with E-state index in [2.05, 4.69) is 42.0 Å². The number of hydrogen-bond acceptors (Lipinski definition) is 4. The molecule has 0 saturated carbocycles. The maximum Gasteiger partial charge on any atom is 0.222 e. The molecule has 144 valence electrons. The molecule has 3 rings (SSSR count). The van der Waals surface area contributed by atoms with Crippen molar-refractivity contribution in [2.75, 3.05) is 46.9 Å². The van der Waals surface area contributed by atoms with Crippen molar-refractivity contribution < 1.29 is 9.53 Å². The highest BCUT2D eigenvalue weighted by molar-refractivity contribution is 5.76. The van der Waals surface area contributed by atoms with Crippen molar-refractivity contribution in [2.45, 2.75) is 44.7 Å². The molecular weight excluding hydrogens is 326 g/mol. The van der Waals surface area contributed by atoms with Crippen LogP contribution in [0.25, 0.3) is 0 Å². The summed E-state index contributed by atoms with van der Waals surface area (Å²) in [4.78, 5) is 19.1. The van der Waals surface area contributed by atoms with Crippen LogP contribution in [0.5, 0.6) is 5.75 Å². The third-order valence-corrected chi connectivity index (χ3v) is 6.05. The van der Waals surface area contributed by atoms with Crippen molar-refractivity contribution in [2.24, 2.45) is 0 Å². The summed E-state index contributed by atoms with van der Waals surface area (Å²) in [6, 6.07) is 8.41. The molecule has 1 aromatic rings. The minimum Gasteiger partial charge on any atom is -0.493 e. The molecule has 2 fully saturated rings. The van der Waals surface area contributed by atoms with Crippen LogP contribution in [-0.2, 0) is 11.3 Å². The molecule has 0 unspecified atom stereocenters. The Hall–Kier alpha value is -1.59. The highest BCUT2D eigenvalue weighted by atomic mass is 16.5.